The fourth-order valence-electron chi connectivity index (χ4n) is 5.26. The molecule has 12 nitrogen and oxygen atoms in total. The molecule has 50 heavy (non-hydrogen) atoms. The number of hydrogen-bond donors (Lipinski definition) is 3. The summed E-state index contributed by atoms with van der Waals surface area (Å²) in [6.45, 7) is 7.12. The summed E-state index contributed by atoms with van der Waals surface area (Å²) in [6.07, 6.45) is 0.934. The molecule has 1 aliphatic heterocycles. The van der Waals surface area contributed by atoms with Gasteiger partial charge in [-0.2, -0.15) is 0 Å². The molecule has 2 atom stereocenters. The van der Waals surface area contributed by atoms with E-state index in [2.05, 4.69) is 15.3 Å². The number of imidazole rings is 1. The topological polar surface area (TPSA) is 152 Å². The highest BCUT2D eigenvalue weighted by Gasteiger charge is 2.23. The van der Waals surface area contributed by atoms with Gasteiger partial charge in [0.05, 0.1) is 69.6 Å². The number of carbonyl (C=O) groups is 3. The number of aliphatic carboxylic acids is 1. The van der Waals surface area contributed by atoms with Crippen LogP contribution in [0.1, 0.15) is 53.1 Å². The third-order valence-electron chi connectivity index (χ3n) is 8.05. The number of hydrogen-bond acceptors (Lipinski definition) is 8. The minimum atomic E-state index is -0.803. The van der Waals surface area contributed by atoms with Crippen LogP contribution >= 0.6 is 11.6 Å². The second kappa shape index (κ2) is 19.8. The minimum Gasteiger partial charge on any atom is -0.481 e. The Bertz CT molecular complexity index is 1700. The lowest BCUT2D eigenvalue weighted by Crippen LogP contribution is -2.33. The second-order valence-corrected chi connectivity index (χ2v) is 12.2. The molecule has 2 amide bonds. The Kier molecular flexibility index (Phi) is 15.2. The van der Waals surface area contributed by atoms with Crippen LogP contribution in [0.4, 0.5) is 5.69 Å². The Balaban J connectivity index is 0.000000266. The Morgan fingerprint density at radius 3 is 2.56 bits per heavy atom. The molecular weight excluding hydrogens is 664 g/mol. The maximum Gasteiger partial charge on any atom is 0.308 e. The maximum atomic E-state index is 13.0. The van der Waals surface area contributed by atoms with Gasteiger partial charge in [-0.1, -0.05) is 48.9 Å². The summed E-state index contributed by atoms with van der Waals surface area (Å²) in [6, 6.07) is 20.1. The van der Waals surface area contributed by atoms with Crippen LogP contribution in [0.3, 0.4) is 0 Å². The van der Waals surface area contributed by atoms with Gasteiger partial charge in [0, 0.05) is 29.9 Å². The van der Waals surface area contributed by atoms with Crippen LogP contribution < -0.4 is 10.2 Å². The number of aromatic amines is 1. The number of aromatic nitrogens is 2. The monoisotopic (exact) mass is 708 g/mol. The van der Waals surface area contributed by atoms with E-state index in [-0.39, 0.29) is 25.0 Å². The van der Waals surface area contributed by atoms with E-state index in [1.54, 1.807) is 36.3 Å². The van der Waals surface area contributed by atoms with Crippen molar-refractivity contribution in [1.82, 2.24) is 15.3 Å². The standard InChI is InChI=1S/C23H25ClN4O4.C14H20O4/c1-14-11-15(3-6-20(14)28-8-10-32-9-7-21(28)29)23(30)27-19(13-31-2)22-25-17-5-4-16(24)12-18(17)26-22;1-2-13(14(15)16)11-18-9-8-17-10-12-6-4-3-5-7-12/h3-6,11-12,19H,7-10,13H2,1-2H3,(H,25,26)(H,27,30);3-7,13H,2,8-11H2,1H3,(H,15,16)/t19-;/m0./s1. The summed E-state index contributed by atoms with van der Waals surface area (Å²) in [5.74, 6) is -0.874. The first-order valence-corrected chi connectivity index (χ1v) is 16.9. The Hall–Kier alpha value is -4.33. The zero-order valence-electron chi connectivity index (χ0n) is 28.7. The molecule has 1 saturated heterocycles. The van der Waals surface area contributed by atoms with Crippen molar-refractivity contribution in [2.75, 3.05) is 58.2 Å². The van der Waals surface area contributed by atoms with Gasteiger partial charge in [-0.25, -0.2) is 4.98 Å². The largest absolute Gasteiger partial charge is 0.481 e. The molecule has 2 heterocycles. The van der Waals surface area contributed by atoms with Gasteiger partial charge in [0.15, 0.2) is 0 Å². The van der Waals surface area contributed by atoms with Crippen molar-refractivity contribution in [2.45, 2.75) is 39.3 Å². The van der Waals surface area contributed by atoms with Gasteiger partial charge in [0.25, 0.3) is 5.91 Å². The van der Waals surface area contributed by atoms with E-state index >= 15 is 0 Å². The molecular formula is C37H45ClN4O8. The summed E-state index contributed by atoms with van der Waals surface area (Å²) in [7, 11) is 1.57. The van der Waals surface area contributed by atoms with Gasteiger partial charge in [0.2, 0.25) is 5.91 Å². The molecule has 0 aliphatic carbocycles. The fourth-order valence-corrected chi connectivity index (χ4v) is 5.43. The highest BCUT2D eigenvalue weighted by Crippen LogP contribution is 2.24. The molecule has 1 fully saturated rings. The molecule has 0 spiro atoms. The summed E-state index contributed by atoms with van der Waals surface area (Å²) in [5, 5.41) is 12.4. The quantitative estimate of drug-likeness (QED) is 0.132. The van der Waals surface area contributed by atoms with Crippen LogP contribution in [-0.2, 0) is 35.1 Å². The number of ether oxygens (including phenoxy) is 4. The molecule has 4 aromatic rings. The number of rotatable bonds is 15. The minimum absolute atomic E-state index is 0.0212. The van der Waals surface area contributed by atoms with E-state index < -0.39 is 17.9 Å². The molecule has 3 N–H and O–H groups in total. The summed E-state index contributed by atoms with van der Waals surface area (Å²) < 4.78 is 21.4. The lowest BCUT2D eigenvalue weighted by molar-refractivity contribution is -0.144. The van der Waals surface area contributed by atoms with Crippen LogP contribution in [0, 0.1) is 12.8 Å². The van der Waals surface area contributed by atoms with Gasteiger partial charge >= 0.3 is 5.97 Å². The van der Waals surface area contributed by atoms with Crippen molar-refractivity contribution in [2.24, 2.45) is 5.92 Å². The third kappa shape index (κ3) is 11.4. The van der Waals surface area contributed by atoms with Gasteiger partial charge in [0.1, 0.15) is 11.9 Å². The molecule has 5 rings (SSSR count). The predicted molar refractivity (Wildman–Crippen MR) is 190 cm³/mol. The smallest absolute Gasteiger partial charge is 0.308 e. The molecule has 268 valence electrons. The van der Waals surface area contributed by atoms with Crippen molar-refractivity contribution in [3.05, 3.63) is 94.3 Å². The van der Waals surface area contributed by atoms with Crippen molar-refractivity contribution in [3.63, 3.8) is 0 Å². The third-order valence-corrected chi connectivity index (χ3v) is 8.28. The van der Waals surface area contributed by atoms with Crippen molar-refractivity contribution in [3.8, 4) is 0 Å². The molecule has 0 bridgehead atoms. The number of H-pyrrole nitrogens is 1. The van der Waals surface area contributed by atoms with Crippen molar-refractivity contribution >= 4 is 46.1 Å². The molecule has 0 radical (unpaired) electrons. The molecule has 1 aromatic heterocycles. The lowest BCUT2D eigenvalue weighted by Gasteiger charge is -2.23. The van der Waals surface area contributed by atoms with E-state index in [1.807, 2.05) is 56.3 Å². The van der Waals surface area contributed by atoms with E-state index in [1.165, 1.54) is 0 Å². The normalized spacial score (nSPS) is 14.4. The van der Waals surface area contributed by atoms with Crippen LogP contribution in [0.5, 0.6) is 0 Å². The molecule has 1 unspecified atom stereocenters. The van der Waals surface area contributed by atoms with Gasteiger partial charge in [-0.15, -0.1) is 0 Å². The van der Waals surface area contributed by atoms with Crippen LogP contribution in [0.15, 0.2) is 66.7 Å². The summed E-state index contributed by atoms with van der Waals surface area (Å²) >= 11 is 6.05. The number of halogens is 1. The second-order valence-electron chi connectivity index (χ2n) is 11.7. The molecule has 1 aliphatic rings. The molecule has 13 heteroatoms. The van der Waals surface area contributed by atoms with E-state index in [4.69, 9.17) is 35.7 Å². The number of aryl methyl sites for hydroxylation is 1. The van der Waals surface area contributed by atoms with Gasteiger partial charge < -0.3 is 39.3 Å². The van der Waals surface area contributed by atoms with Gasteiger partial charge in [-0.3, -0.25) is 14.4 Å². The zero-order chi connectivity index (χ0) is 35.9. The number of methoxy groups -OCH3 is 1. The number of carbonyl (C=O) groups excluding carboxylic acids is 2. The van der Waals surface area contributed by atoms with E-state index in [0.29, 0.717) is 74.3 Å². The number of anilines is 1. The SMILES string of the molecule is CCC(COCCOCc1ccccc1)C(=O)O.COC[C@H](NC(=O)c1ccc(N2CCOCCC2=O)c(C)c1)c1nc2cc(Cl)ccc2[nH]1. The number of nitrogens with one attached hydrogen (secondary N) is 2. The van der Waals surface area contributed by atoms with Crippen LogP contribution in [-0.4, -0.2) is 86.2 Å². The number of nitrogens with zero attached hydrogens (tertiary/aromatic N) is 2. The first-order chi connectivity index (χ1) is 24.2. The average molecular weight is 709 g/mol. The lowest BCUT2D eigenvalue weighted by atomic mass is 10.1. The molecule has 0 saturated carbocycles. The van der Waals surface area contributed by atoms with Crippen molar-refractivity contribution < 1.29 is 38.4 Å². The van der Waals surface area contributed by atoms with E-state index in [0.717, 1.165) is 22.3 Å². The van der Waals surface area contributed by atoms with Crippen molar-refractivity contribution in [1.29, 1.82) is 0 Å². The number of fused-ring (bicyclic) bond motifs is 1. The first kappa shape index (κ1) is 38.5. The first-order valence-electron chi connectivity index (χ1n) is 16.6. The van der Waals surface area contributed by atoms with Gasteiger partial charge in [-0.05, 0) is 60.9 Å². The fraction of sp³-hybridized carbons (Fsp3) is 0.405. The molecule has 3 aromatic carbocycles. The summed E-state index contributed by atoms with van der Waals surface area (Å²) in [5.41, 5.74) is 4.79. The number of carboxylic acids is 1. The van der Waals surface area contributed by atoms with E-state index in [9.17, 15) is 14.4 Å². The Morgan fingerprint density at radius 1 is 1.06 bits per heavy atom. The zero-order valence-corrected chi connectivity index (χ0v) is 29.4. The highest BCUT2D eigenvalue weighted by atomic mass is 35.5. The number of benzene rings is 3. The van der Waals surface area contributed by atoms with Crippen LogP contribution in [0.25, 0.3) is 11.0 Å². The highest BCUT2D eigenvalue weighted by molar-refractivity contribution is 6.31. The predicted octanol–water partition coefficient (Wildman–Crippen LogP) is 5.73. The average Bonchev–Trinajstić information content (AvgIpc) is 3.41. The Morgan fingerprint density at radius 2 is 1.84 bits per heavy atom. The Labute approximate surface area is 297 Å². The summed E-state index contributed by atoms with van der Waals surface area (Å²) in [4.78, 5) is 45.6. The number of amides is 2. The maximum absolute atomic E-state index is 13.0. The number of carboxylic acid groups (broad SMARTS) is 1. The van der Waals surface area contributed by atoms with Crippen LogP contribution in [0.2, 0.25) is 5.02 Å².